The average molecular weight is 275 g/mol. The van der Waals surface area contributed by atoms with Crippen molar-refractivity contribution in [3.8, 4) is 0 Å². The number of hydrogen-bond donors (Lipinski definition) is 3. The van der Waals surface area contributed by atoms with Crippen LogP contribution in [0.5, 0.6) is 0 Å². The largest absolute Gasteiger partial charge is 0.399 e. The molecule has 2 aromatic rings. The Hall–Kier alpha value is -2.57. The van der Waals surface area contributed by atoms with Crippen LogP contribution in [0.15, 0.2) is 33.9 Å². The summed E-state index contributed by atoms with van der Waals surface area (Å²) in [5, 5.41) is 6.08. The number of hydrogen-bond acceptors (Lipinski definition) is 5. The van der Waals surface area contributed by atoms with E-state index in [9.17, 15) is 9.59 Å². The minimum absolute atomic E-state index is 0.0379. The molecule has 0 spiro atoms. The maximum absolute atomic E-state index is 11.8. The lowest BCUT2D eigenvalue weighted by molar-refractivity contribution is 0.655. The third kappa shape index (κ3) is 3.05. The van der Waals surface area contributed by atoms with Crippen LogP contribution in [0.1, 0.15) is 19.4 Å². The molecule has 0 saturated carbocycles. The summed E-state index contributed by atoms with van der Waals surface area (Å²) >= 11 is 0. The van der Waals surface area contributed by atoms with Crippen molar-refractivity contribution in [1.82, 2.24) is 15.2 Å². The van der Waals surface area contributed by atoms with Crippen LogP contribution in [-0.4, -0.2) is 21.2 Å². The van der Waals surface area contributed by atoms with Gasteiger partial charge >= 0.3 is 5.69 Å². The third-order valence-electron chi connectivity index (χ3n) is 2.89. The molecule has 20 heavy (non-hydrogen) atoms. The Morgan fingerprint density at radius 1 is 1.35 bits per heavy atom. The van der Waals surface area contributed by atoms with Crippen LogP contribution in [0.3, 0.4) is 0 Å². The van der Waals surface area contributed by atoms with Gasteiger partial charge in [-0.25, -0.2) is 9.89 Å². The molecule has 7 nitrogen and oxygen atoms in total. The van der Waals surface area contributed by atoms with Gasteiger partial charge in [0, 0.05) is 18.3 Å². The molecule has 7 heteroatoms. The molecule has 0 saturated heterocycles. The minimum atomic E-state index is -0.619. The molecular weight excluding hydrogens is 258 g/mol. The molecule has 0 unspecified atom stereocenters. The summed E-state index contributed by atoms with van der Waals surface area (Å²) in [7, 11) is 0. The van der Waals surface area contributed by atoms with Gasteiger partial charge in [-0.05, 0) is 31.5 Å². The Kier molecular flexibility index (Phi) is 3.88. The smallest absolute Gasteiger partial charge is 0.342 e. The fourth-order valence-corrected chi connectivity index (χ4v) is 1.93. The molecule has 4 N–H and O–H groups in total. The molecule has 0 radical (unpaired) electrons. The van der Waals surface area contributed by atoms with Crippen LogP contribution in [-0.2, 0) is 6.54 Å². The van der Waals surface area contributed by atoms with Crippen LogP contribution in [0, 0.1) is 0 Å². The van der Waals surface area contributed by atoms with E-state index in [1.54, 1.807) is 11.0 Å². The van der Waals surface area contributed by atoms with Crippen LogP contribution in [0.2, 0.25) is 0 Å². The zero-order valence-corrected chi connectivity index (χ0v) is 11.4. The van der Waals surface area contributed by atoms with Gasteiger partial charge < -0.3 is 10.6 Å². The van der Waals surface area contributed by atoms with E-state index in [1.807, 2.05) is 32.0 Å². The van der Waals surface area contributed by atoms with E-state index in [0.717, 1.165) is 5.56 Å². The second-order valence-corrected chi connectivity index (χ2v) is 4.80. The number of aromatic nitrogens is 3. The SMILES string of the molecule is CC(C)N(Cc1cccc(N)c1)c1n[nH]c(=O)[nH]c1=O. The van der Waals surface area contributed by atoms with Gasteiger partial charge in [-0.1, -0.05) is 12.1 Å². The molecule has 1 aromatic carbocycles. The van der Waals surface area contributed by atoms with Crippen LogP contribution < -0.4 is 21.9 Å². The van der Waals surface area contributed by atoms with Crippen molar-refractivity contribution in [3.63, 3.8) is 0 Å². The van der Waals surface area contributed by atoms with Gasteiger partial charge in [0.15, 0.2) is 0 Å². The number of anilines is 2. The van der Waals surface area contributed by atoms with Crippen molar-refractivity contribution in [2.45, 2.75) is 26.4 Å². The first-order valence-electron chi connectivity index (χ1n) is 6.27. The fourth-order valence-electron chi connectivity index (χ4n) is 1.93. The molecule has 0 bridgehead atoms. The van der Waals surface area contributed by atoms with Gasteiger partial charge in [-0.2, -0.15) is 0 Å². The average Bonchev–Trinajstić information content (AvgIpc) is 2.36. The number of nitrogens with two attached hydrogens (primary N) is 1. The number of rotatable bonds is 4. The monoisotopic (exact) mass is 275 g/mol. The van der Waals surface area contributed by atoms with Gasteiger partial charge in [0.05, 0.1) is 0 Å². The number of nitrogen functional groups attached to an aromatic ring is 1. The molecule has 106 valence electrons. The van der Waals surface area contributed by atoms with Gasteiger partial charge in [0.1, 0.15) is 0 Å². The first-order chi connectivity index (χ1) is 9.47. The molecule has 0 atom stereocenters. The predicted molar refractivity (Wildman–Crippen MR) is 77.7 cm³/mol. The van der Waals surface area contributed by atoms with Crippen molar-refractivity contribution < 1.29 is 0 Å². The minimum Gasteiger partial charge on any atom is -0.399 e. The molecular formula is C13H17N5O2. The molecule has 0 aliphatic heterocycles. The summed E-state index contributed by atoms with van der Waals surface area (Å²) in [6.07, 6.45) is 0. The highest BCUT2D eigenvalue weighted by Gasteiger charge is 2.16. The Balaban J connectivity index is 2.37. The molecule has 0 amide bonds. The molecule has 2 rings (SSSR count). The van der Waals surface area contributed by atoms with E-state index in [4.69, 9.17) is 5.73 Å². The zero-order valence-electron chi connectivity index (χ0n) is 11.4. The molecule has 0 aliphatic rings. The van der Waals surface area contributed by atoms with Gasteiger partial charge in [0.2, 0.25) is 5.82 Å². The van der Waals surface area contributed by atoms with Crippen molar-refractivity contribution in [3.05, 3.63) is 50.7 Å². The lowest BCUT2D eigenvalue weighted by Crippen LogP contribution is -2.38. The number of aromatic amines is 2. The van der Waals surface area contributed by atoms with E-state index in [0.29, 0.717) is 12.2 Å². The zero-order chi connectivity index (χ0) is 14.7. The Morgan fingerprint density at radius 3 is 2.70 bits per heavy atom. The Bertz CT molecular complexity index is 704. The lowest BCUT2D eigenvalue weighted by Gasteiger charge is -2.26. The van der Waals surface area contributed by atoms with Gasteiger partial charge in [-0.15, -0.1) is 5.10 Å². The first kappa shape index (κ1) is 13.9. The van der Waals surface area contributed by atoms with Crippen molar-refractivity contribution in [2.24, 2.45) is 0 Å². The van der Waals surface area contributed by atoms with Gasteiger partial charge in [-0.3, -0.25) is 9.78 Å². The van der Waals surface area contributed by atoms with Gasteiger partial charge in [0.25, 0.3) is 5.56 Å². The normalized spacial score (nSPS) is 10.8. The van der Waals surface area contributed by atoms with Crippen LogP contribution in [0.25, 0.3) is 0 Å². The second-order valence-electron chi connectivity index (χ2n) is 4.80. The van der Waals surface area contributed by atoms with Crippen LogP contribution in [0.4, 0.5) is 11.5 Å². The predicted octanol–water partition coefficient (Wildman–Crippen LogP) is 0.455. The van der Waals surface area contributed by atoms with E-state index in [1.165, 1.54) is 0 Å². The van der Waals surface area contributed by atoms with E-state index < -0.39 is 11.2 Å². The second kappa shape index (κ2) is 5.60. The lowest BCUT2D eigenvalue weighted by atomic mass is 10.1. The molecule has 0 fully saturated rings. The van der Waals surface area contributed by atoms with Crippen molar-refractivity contribution in [2.75, 3.05) is 10.6 Å². The van der Waals surface area contributed by atoms with Crippen LogP contribution >= 0.6 is 0 Å². The van der Waals surface area contributed by atoms with E-state index in [-0.39, 0.29) is 11.9 Å². The highest BCUT2D eigenvalue weighted by atomic mass is 16.2. The summed E-state index contributed by atoms with van der Waals surface area (Å²) in [4.78, 5) is 26.8. The first-order valence-corrected chi connectivity index (χ1v) is 6.27. The molecule has 0 aliphatic carbocycles. The Morgan fingerprint density at radius 2 is 2.10 bits per heavy atom. The third-order valence-corrected chi connectivity index (χ3v) is 2.89. The number of nitrogens with one attached hydrogen (secondary N) is 2. The topological polar surface area (TPSA) is 108 Å². The summed E-state index contributed by atoms with van der Waals surface area (Å²) in [6, 6.07) is 7.46. The maximum Gasteiger partial charge on any atom is 0.342 e. The highest BCUT2D eigenvalue weighted by molar-refractivity contribution is 5.43. The quantitative estimate of drug-likeness (QED) is 0.702. The fraction of sp³-hybridized carbons (Fsp3) is 0.308. The molecule has 1 aromatic heterocycles. The highest BCUT2D eigenvalue weighted by Crippen LogP contribution is 2.14. The standard InChI is InChI=1S/C13H17N5O2/c1-8(2)18(7-9-4-3-5-10(14)6-9)11-12(19)15-13(20)17-16-11/h3-6,8H,7,14H2,1-2H3,(H2,15,17,19,20). The van der Waals surface area contributed by atoms with E-state index in [2.05, 4.69) is 15.2 Å². The van der Waals surface area contributed by atoms with E-state index >= 15 is 0 Å². The molecule has 1 heterocycles. The van der Waals surface area contributed by atoms with Crippen molar-refractivity contribution >= 4 is 11.5 Å². The Labute approximate surface area is 115 Å². The van der Waals surface area contributed by atoms with Crippen molar-refractivity contribution in [1.29, 1.82) is 0 Å². The number of H-pyrrole nitrogens is 2. The number of benzene rings is 1. The summed E-state index contributed by atoms with van der Waals surface area (Å²) < 4.78 is 0. The summed E-state index contributed by atoms with van der Waals surface area (Å²) in [5.41, 5.74) is 6.25. The summed E-state index contributed by atoms with van der Waals surface area (Å²) in [6.45, 7) is 4.36. The maximum atomic E-state index is 11.8. The summed E-state index contributed by atoms with van der Waals surface area (Å²) in [5.74, 6) is 0.182. The number of nitrogens with zero attached hydrogens (tertiary/aromatic N) is 2.